The average molecular weight is 577 g/mol. The maximum absolute atomic E-state index is 14.2. The van der Waals surface area contributed by atoms with Crippen LogP contribution in [0.1, 0.15) is 56.7 Å². The summed E-state index contributed by atoms with van der Waals surface area (Å²) in [5.74, 6) is -4.13. The topological polar surface area (TPSA) is 146 Å². The van der Waals surface area contributed by atoms with E-state index in [0.29, 0.717) is 34.9 Å². The molecular formula is C30H27F3N6O3. The van der Waals surface area contributed by atoms with Crippen LogP contribution in [0.4, 0.5) is 13.2 Å². The van der Waals surface area contributed by atoms with Crippen LogP contribution < -0.4 is 16.8 Å². The molecule has 5 N–H and O–H groups in total. The summed E-state index contributed by atoms with van der Waals surface area (Å²) in [4.78, 5) is 41.4. The maximum atomic E-state index is 14.2. The monoisotopic (exact) mass is 576 g/mol. The first-order chi connectivity index (χ1) is 20.1. The molecule has 12 heteroatoms. The number of primary amides is 2. The lowest BCUT2D eigenvalue weighted by molar-refractivity contribution is -0.122. The third-order valence-corrected chi connectivity index (χ3v) is 7.01. The van der Waals surface area contributed by atoms with Crippen molar-refractivity contribution >= 4 is 17.7 Å². The molecule has 2 aromatic carbocycles. The second-order valence-electron chi connectivity index (χ2n) is 10.3. The Morgan fingerprint density at radius 2 is 1.71 bits per heavy atom. The van der Waals surface area contributed by atoms with Crippen LogP contribution >= 0.6 is 0 Å². The summed E-state index contributed by atoms with van der Waals surface area (Å²) in [5.41, 5.74) is 12.5. The largest absolute Gasteiger partial charge is 0.366 e. The fourth-order valence-electron chi connectivity index (χ4n) is 4.87. The molecule has 1 aliphatic rings. The van der Waals surface area contributed by atoms with Gasteiger partial charge in [0.1, 0.15) is 29.7 Å². The summed E-state index contributed by atoms with van der Waals surface area (Å²) in [6.07, 6.45) is 4.13. The Kier molecular flexibility index (Phi) is 8.05. The highest BCUT2D eigenvalue weighted by atomic mass is 19.1. The Balaban J connectivity index is 1.50. The summed E-state index contributed by atoms with van der Waals surface area (Å²) < 4.78 is 43.8. The Hall–Kier alpha value is -5.00. The highest BCUT2D eigenvalue weighted by Gasteiger charge is 2.27. The number of nitrogens with one attached hydrogen (secondary N) is 1. The van der Waals surface area contributed by atoms with E-state index < -0.39 is 41.2 Å². The summed E-state index contributed by atoms with van der Waals surface area (Å²) in [5, 5.41) is 7.08. The van der Waals surface area contributed by atoms with E-state index in [9.17, 15) is 27.6 Å². The molecule has 216 valence electrons. The lowest BCUT2D eigenvalue weighted by atomic mass is 9.94. The molecule has 4 aromatic rings. The fraction of sp³-hybridized carbons (Fsp3) is 0.233. The fourth-order valence-corrected chi connectivity index (χ4v) is 4.87. The van der Waals surface area contributed by atoms with Gasteiger partial charge in [0.25, 0.3) is 11.8 Å². The molecule has 0 spiro atoms. The normalized spacial score (nSPS) is 13.5. The number of benzene rings is 2. The smallest absolute Gasteiger partial charge is 0.269 e. The van der Waals surface area contributed by atoms with Crippen molar-refractivity contribution in [2.45, 2.75) is 38.3 Å². The minimum absolute atomic E-state index is 0.0406. The minimum atomic E-state index is -0.962. The molecule has 0 radical (unpaired) electrons. The zero-order chi connectivity index (χ0) is 30.0. The summed E-state index contributed by atoms with van der Waals surface area (Å²) in [7, 11) is 0. The molecule has 0 saturated heterocycles. The zero-order valence-electron chi connectivity index (χ0n) is 22.3. The van der Waals surface area contributed by atoms with Gasteiger partial charge in [-0.1, -0.05) is 12.1 Å². The molecular weight excluding hydrogens is 549 g/mol. The number of rotatable bonds is 11. The number of hydrogen-bond acceptors (Lipinski definition) is 5. The van der Waals surface area contributed by atoms with E-state index in [1.54, 1.807) is 18.2 Å². The number of halogens is 3. The van der Waals surface area contributed by atoms with Crippen molar-refractivity contribution in [2.24, 2.45) is 17.4 Å². The van der Waals surface area contributed by atoms with E-state index >= 15 is 0 Å². The van der Waals surface area contributed by atoms with Gasteiger partial charge >= 0.3 is 0 Å². The van der Waals surface area contributed by atoms with E-state index in [1.165, 1.54) is 23.0 Å². The van der Waals surface area contributed by atoms with Gasteiger partial charge in [0.2, 0.25) is 5.91 Å². The Morgan fingerprint density at radius 3 is 2.38 bits per heavy atom. The van der Waals surface area contributed by atoms with Crippen LogP contribution in [0.3, 0.4) is 0 Å². The van der Waals surface area contributed by atoms with Crippen molar-refractivity contribution in [3.05, 3.63) is 106 Å². The molecule has 5 rings (SSSR count). The first kappa shape index (κ1) is 28.5. The Labute approximate surface area is 238 Å². The molecule has 1 fully saturated rings. The molecule has 1 atom stereocenters. The number of aromatic nitrogens is 3. The van der Waals surface area contributed by atoms with Gasteiger partial charge in [-0.3, -0.25) is 24.0 Å². The molecule has 1 saturated carbocycles. The third kappa shape index (κ3) is 6.65. The second-order valence-corrected chi connectivity index (χ2v) is 10.3. The SMILES string of the molecule is NC(=O)c1cc(CC2CC2)n(CC(=O)N[C@@H](Cc2cc(F)cc(F)c2)c2ncccc2-c2ccc(F)c(C(N)=O)c2)n1. The van der Waals surface area contributed by atoms with Crippen molar-refractivity contribution in [2.75, 3.05) is 0 Å². The Morgan fingerprint density at radius 1 is 0.976 bits per heavy atom. The van der Waals surface area contributed by atoms with E-state index in [-0.39, 0.29) is 29.8 Å². The van der Waals surface area contributed by atoms with Crippen LogP contribution in [0.5, 0.6) is 0 Å². The summed E-state index contributed by atoms with van der Waals surface area (Å²) in [6, 6.07) is 10.8. The number of carbonyl (C=O) groups is 3. The third-order valence-electron chi connectivity index (χ3n) is 7.01. The van der Waals surface area contributed by atoms with E-state index in [0.717, 1.165) is 37.1 Å². The van der Waals surface area contributed by atoms with Crippen LogP contribution in [0.15, 0.2) is 60.8 Å². The highest BCUT2D eigenvalue weighted by Crippen LogP contribution is 2.33. The quantitative estimate of drug-likeness (QED) is 0.250. The molecule has 2 aromatic heterocycles. The summed E-state index contributed by atoms with van der Waals surface area (Å²) in [6.45, 7) is -0.256. The van der Waals surface area contributed by atoms with E-state index in [2.05, 4.69) is 15.4 Å². The maximum Gasteiger partial charge on any atom is 0.269 e. The van der Waals surface area contributed by atoms with Crippen LogP contribution in [0.2, 0.25) is 0 Å². The predicted octanol–water partition coefficient (Wildman–Crippen LogP) is 3.61. The molecule has 42 heavy (non-hydrogen) atoms. The van der Waals surface area contributed by atoms with Gasteiger partial charge in [0.15, 0.2) is 0 Å². The van der Waals surface area contributed by atoms with Crippen LogP contribution in [0, 0.1) is 23.4 Å². The first-order valence-corrected chi connectivity index (χ1v) is 13.2. The number of amides is 3. The van der Waals surface area contributed by atoms with Crippen LogP contribution in [-0.2, 0) is 24.2 Å². The molecule has 2 heterocycles. The van der Waals surface area contributed by atoms with Crippen molar-refractivity contribution in [3.63, 3.8) is 0 Å². The van der Waals surface area contributed by atoms with E-state index in [4.69, 9.17) is 11.5 Å². The van der Waals surface area contributed by atoms with Gasteiger partial charge in [0.05, 0.1) is 17.3 Å². The van der Waals surface area contributed by atoms with Crippen molar-refractivity contribution in [3.8, 4) is 11.1 Å². The van der Waals surface area contributed by atoms with Gasteiger partial charge in [-0.05, 0) is 79.1 Å². The number of hydrogen-bond donors (Lipinski definition) is 3. The lowest BCUT2D eigenvalue weighted by Crippen LogP contribution is -2.34. The molecule has 9 nitrogen and oxygen atoms in total. The van der Waals surface area contributed by atoms with Gasteiger partial charge < -0.3 is 16.8 Å². The molecule has 1 aliphatic carbocycles. The van der Waals surface area contributed by atoms with Gasteiger partial charge in [-0.2, -0.15) is 5.10 Å². The van der Waals surface area contributed by atoms with Gasteiger partial charge in [-0.25, -0.2) is 13.2 Å². The van der Waals surface area contributed by atoms with Crippen LogP contribution in [-0.4, -0.2) is 32.5 Å². The number of nitrogens with zero attached hydrogens (tertiary/aromatic N) is 3. The van der Waals surface area contributed by atoms with E-state index in [1.807, 2.05) is 0 Å². The molecule has 0 unspecified atom stereocenters. The molecule has 3 amide bonds. The van der Waals surface area contributed by atoms with Crippen molar-refractivity contribution in [1.82, 2.24) is 20.1 Å². The molecule has 0 aliphatic heterocycles. The minimum Gasteiger partial charge on any atom is -0.366 e. The van der Waals surface area contributed by atoms with Crippen LogP contribution in [0.25, 0.3) is 11.1 Å². The lowest BCUT2D eigenvalue weighted by Gasteiger charge is -2.22. The Bertz CT molecular complexity index is 1660. The van der Waals surface area contributed by atoms with Gasteiger partial charge in [0, 0.05) is 23.5 Å². The predicted molar refractivity (Wildman–Crippen MR) is 146 cm³/mol. The number of pyridine rings is 1. The van der Waals surface area contributed by atoms with Crippen molar-refractivity contribution in [1.29, 1.82) is 0 Å². The standard InChI is InChI=1S/C30H27F3N6O3/c31-19-8-17(9-20(32)13-19)11-25(28-22(2-1-7-36-28)18-5-6-24(33)23(12-18)29(34)41)37-27(40)15-39-21(10-16-3-4-16)14-26(38-39)30(35)42/h1-2,5-9,12-14,16,25H,3-4,10-11,15H2,(H2,34,41)(H2,35,42)(H,37,40)/t25-/m0/s1. The van der Waals surface area contributed by atoms with Crippen molar-refractivity contribution < 1.29 is 27.6 Å². The summed E-state index contributed by atoms with van der Waals surface area (Å²) >= 11 is 0. The van der Waals surface area contributed by atoms with Gasteiger partial charge in [-0.15, -0.1) is 0 Å². The number of carbonyl (C=O) groups excluding carboxylic acids is 3. The zero-order valence-corrected chi connectivity index (χ0v) is 22.3. The molecule has 0 bridgehead atoms. The average Bonchev–Trinajstić information content (AvgIpc) is 3.66. The highest BCUT2D eigenvalue weighted by molar-refractivity contribution is 5.94. The number of nitrogens with two attached hydrogens (primary N) is 2. The first-order valence-electron chi connectivity index (χ1n) is 13.2. The second kappa shape index (κ2) is 11.9.